The van der Waals surface area contributed by atoms with Crippen LogP contribution in [0, 0.1) is 5.92 Å². The molecule has 88 valence electrons. The van der Waals surface area contributed by atoms with Gasteiger partial charge in [0, 0.05) is 12.3 Å². The molecule has 0 saturated carbocycles. The zero-order valence-electron chi connectivity index (χ0n) is 10.3. The van der Waals surface area contributed by atoms with E-state index in [1.165, 1.54) is 5.56 Å². The molecule has 0 radical (unpaired) electrons. The van der Waals surface area contributed by atoms with E-state index in [-0.39, 0.29) is 5.92 Å². The molecule has 1 rings (SSSR count). The molecule has 0 aromatic heterocycles. The molecule has 0 spiro atoms. The van der Waals surface area contributed by atoms with E-state index < -0.39 is 0 Å². The fourth-order valence-corrected chi connectivity index (χ4v) is 1.68. The first-order valence-electron chi connectivity index (χ1n) is 5.83. The van der Waals surface area contributed by atoms with Crippen LogP contribution in [0.2, 0.25) is 0 Å². The van der Waals surface area contributed by atoms with Gasteiger partial charge in [0.05, 0.1) is 7.11 Å². The van der Waals surface area contributed by atoms with Gasteiger partial charge in [0.2, 0.25) is 0 Å². The summed E-state index contributed by atoms with van der Waals surface area (Å²) in [6, 6.07) is 8.03. The Hall–Kier alpha value is -1.31. The number of hydrogen-bond donors (Lipinski definition) is 0. The third-order valence-corrected chi connectivity index (χ3v) is 2.92. The van der Waals surface area contributed by atoms with Gasteiger partial charge in [-0.1, -0.05) is 26.0 Å². The molecular formula is C14H20O2. The van der Waals surface area contributed by atoms with Gasteiger partial charge in [0.1, 0.15) is 11.5 Å². The number of carbonyl (C=O) groups is 1. The van der Waals surface area contributed by atoms with Crippen LogP contribution >= 0.6 is 0 Å². The van der Waals surface area contributed by atoms with E-state index >= 15 is 0 Å². The van der Waals surface area contributed by atoms with Crippen molar-refractivity contribution in [3.05, 3.63) is 29.8 Å². The monoisotopic (exact) mass is 220 g/mol. The van der Waals surface area contributed by atoms with E-state index in [9.17, 15) is 4.79 Å². The minimum atomic E-state index is 0.173. The van der Waals surface area contributed by atoms with Crippen molar-refractivity contribution in [3.8, 4) is 5.75 Å². The predicted octanol–water partition coefficient (Wildman–Crippen LogP) is 3.24. The third kappa shape index (κ3) is 3.69. The summed E-state index contributed by atoms with van der Waals surface area (Å²) >= 11 is 0. The Bertz CT molecular complexity index is 327. The van der Waals surface area contributed by atoms with E-state index in [1.807, 2.05) is 26.0 Å². The smallest absolute Gasteiger partial charge is 0.135 e. The molecule has 0 aliphatic rings. The maximum absolute atomic E-state index is 11.4. The summed E-state index contributed by atoms with van der Waals surface area (Å²) in [5, 5.41) is 0. The molecule has 0 N–H and O–H groups in total. The Kier molecular flexibility index (Phi) is 5.03. The molecule has 0 bridgehead atoms. The number of aryl methyl sites for hydroxylation is 1. The zero-order valence-corrected chi connectivity index (χ0v) is 10.3. The molecule has 1 unspecified atom stereocenters. The molecule has 0 aliphatic heterocycles. The van der Waals surface area contributed by atoms with Crippen LogP contribution in [-0.2, 0) is 11.2 Å². The lowest BCUT2D eigenvalue weighted by Crippen LogP contribution is -2.10. The normalized spacial score (nSPS) is 12.2. The second-order valence-electron chi connectivity index (χ2n) is 4.11. The van der Waals surface area contributed by atoms with E-state index in [2.05, 4.69) is 12.1 Å². The van der Waals surface area contributed by atoms with Gasteiger partial charge in [-0.15, -0.1) is 0 Å². The Balaban J connectivity index is 2.45. The first kappa shape index (κ1) is 12.8. The molecule has 0 fully saturated rings. The van der Waals surface area contributed by atoms with Crippen LogP contribution in [0.3, 0.4) is 0 Å². The maximum Gasteiger partial charge on any atom is 0.135 e. The van der Waals surface area contributed by atoms with Crippen molar-refractivity contribution >= 4 is 5.78 Å². The first-order valence-corrected chi connectivity index (χ1v) is 5.83. The van der Waals surface area contributed by atoms with Gasteiger partial charge in [-0.05, 0) is 30.5 Å². The number of ether oxygens (including phenoxy) is 1. The van der Waals surface area contributed by atoms with Gasteiger partial charge in [0.15, 0.2) is 0 Å². The molecule has 2 nitrogen and oxygen atoms in total. The zero-order chi connectivity index (χ0) is 12.0. The van der Waals surface area contributed by atoms with Gasteiger partial charge in [-0.25, -0.2) is 0 Å². The topological polar surface area (TPSA) is 26.3 Å². The number of rotatable bonds is 6. The molecular weight excluding hydrogens is 200 g/mol. The van der Waals surface area contributed by atoms with Gasteiger partial charge in [-0.2, -0.15) is 0 Å². The number of benzene rings is 1. The SMILES string of the molecule is CCC(=O)C(C)CCc1ccc(OC)cc1. The summed E-state index contributed by atoms with van der Waals surface area (Å²) in [5.41, 5.74) is 1.26. The summed E-state index contributed by atoms with van der Waals surface area (Å²) in [4.78, 5) is 11.4. The van der Waals surface area contributed by atoms with Crippen molar-refractivity contribution in [2.24, 2.45) is 5.92 Å². The number of carbonyl (C=O) groups excluding carboxylic acids is 1. The summed E-state index contributed by atoms with van der Waals surface area (Å²) in [5.74, 6) is 1.40. The van der Waals surface area contributed by atoms with E-state index in [0.29, 0.717) is 12.2 Å². The summed E-state index contributed by atoms with van der Waals surface area (Å²) < 4.78 is 5.10. The molecule has 0 aliphatic carbocycles. The number of hydrogen-bond acceptors (Lipinski definition) is 2. The van der Waals surface area contributed by atoms with Crippen molar-refractivity contribution < 1.29 is 9.53 Å². The first-order chi connectivity index (χ1) is 7.67. The Morgan fingerprint density at radius 2 is 1.94 bits per heavy atom. The fraction of sp³-hybridized carbons (Fsp3) is 0.500. The lowest BCUT2D eigenvalue weighted by atomic mass is 9.96. The van der Waals surface area contributed by atoms with Crippen molar-refractivity contribution in [1.82, 2.24) is 0 Å². The Morgan fingerprint density at radius 3 is 2.44 bits per heavy atom. The highest BCUT2D eigenvalue weighted by molar-refractivity contribution is 5.80. The quantitative estimate of drug-likeness (QED) is 0.735. The van der Waals surface area contributed by atoms with E-state index in [0.717, 1.165) is 18.6 Å². The molecule has 1 atom stereocenters. The van der Waals surface area contributed by atoms with Crippen molar-refractivity contribution in [2.45, 2.75) is 33.1 Å². The second kappa shape index (κ2) is 6.31. The molecule has 2 heteroatoms. The minimum absolute atomic E-state index is 0.173. The van der Waals surface area contributed by atoms with Crippen LogP contribution in [0.4, 0.5) is 0 Å². The second-order valence-corrected chi connectivity index (χ2v) is 4.11. The van der Waals surface area contributed by atoms with E-state index in [1.54, 1.807) is 7.11 Å². The molecule has 16 heavy (non-hydrogen) atoms. The van der Waals surface area contributed by atoms with Crippen LogP contribution in [0.15, 0.2) is 24.3 Å². The summed E-state index contributed by atoms with van der Waals surface area (Å²) in [6.07, 6.45) is 2.53. The Labute approximate surface area is 97.6 Å². The summed E-state index contributed by atoms with van der Waals surface area (Å²) in [6.45, 7) is 3.93. The van der Waals surface area contributed by atoms with Crippen LogP contribution < -0.4 is 4.74 Å². The van der Waals surface area contributed by atoms with Crippen LogP contribution in [0.5, 0.6) is 5.75 Å². The van der Waals surface area contributed by atoms with Crippen LogP contribution in [0.1, 0.15) is 32.3 Å². The predicted molar refractivity (Wildman–Crippen MR) is 65.8 cm³/mol. The van der Waals surface area contributed by atoms with Gasteiger partial charge in [-0.3, -0.25) is 4.79 Å². The van der Waals surface area contributed by atoms with Gasteiger partial charge < -0.3 is 4.74 Å². The highest BCUT2D eigenvalue weighted by atomic mass is 16.5. The Morgan fingerprint density at radius 1 is 1.31 bits per heavy atom. The standard InChI is InChI=1S/C14H20O2/c1-4-14(15)11(2)5-6-12-7-9-13(16-3)10-8-12/h7-11H,4-6H2,1-3H3. The molecule has 1 aromatic carbocycles. The molecule has 1 aromatic rings. The lowest BCUT2D eigenvalue weighted by molar-refractivity contribution is -0.122. The molecule has 0 saturated heterocycles. The van der Waals surface area contributed by atoms with Gasteiger partial charge in [0.25, 0.3) is 0 Å². The third-order valence-electron chi connectivity index (χ3n) is 2.92. The molecule has 0 heterocycles. The van der Waals surface area contributed by atoms with Crippen molar-refractivity contribution in [1.29, 1.82) is 0 Å². The highest BCUT2D eigenvalue weighted by Gasteiger charge is 2.10. The largest absolute Gasteiger partial charge is 0.497 e. The van der Waals surface area contributed by atoms with E-state index in [4.69, 9.17) is 4.74 Å². The lowest BCUT2D eigenvalue weighted by Gasteiger charge is -2.09. The van der Waals surface area contributed by atoms with Crippen molar-refractivity contribution in [2.75, 3.05) is 7.11 Å². The number of ketones is 1. The summed E-state index contributed by atoms with van der Waals surface area (Å²) in [7, 11) is 1.66. The number of Topliss-reactive ketones (excluding diaryl/α,β-unsaturated/α-hetero) is 1. The minimum Gasteiger partial charge on any atom is -0.497 e. The maximum atomic E-state index is 11.4. The van der Waals surface area contributed by atoms with Crippen molar-refractivity contribution in [3.63, 3.8) is 0 Å². The average Bonchev–Trinajstić information content (AvgIpc) is 2.35. The van der Waals surface area contributed by atoms with Gasteiger partial charge >= 0.3 is 0 Å². The van der Waals surface area contributed by atoms with Crippen LogP contribution in [0.25, 0.3) is 0 Å². The fourth-order valence-electron chi connectivity index (χ4n) is 1.68. The number of methoxy groups -OCH3 is 1. The average molecular weight is 220 g/mol. The highest BCUT2D eigenvalue weighted by Crippen LogP contribution is 2.15. The van der Waals surface area contributed by atoms with Crippen LogP contribution in [-0.4, -0.2) is 12.9 Å². The molecule has 0 amide bonds.